The van der Waals surface area contributed by atoms with E-state index in [9.17, 15) is 0 Å². The van der Waals surface area contributed by atoms with E-state index in [1.165, 1.54) is 32.1 Å². The number of nitrogens with zero attached hydrogens (tertiary/aromatic N) is 1. The Bertz CT molecular complexity index is 354. The molecule has 1 fully saturated rings. The van der Waals surface area contributed by atoms with E-state index < -0.39 is 0 Å². The van der Waals surface area contributed by atoms with Crippen LogP contribution in [-0.4, -0.2) is 11.0 Å². The first kappa shape index (κ1) is 12.8. The van der Waals surface area contributed by atoms with Gasteiger partial charge in [0.2, 0.25) is 0 Å². The topological polar surface area (TPSA) is 24.9 Å². The van der Waals surface area contributed by atoms with Crippen LogP contribution in [0.25, 0.3) is 0 Å². The molecule has 1 aromatic heterocycles. The van der Waals surface area contributed by atoms with Gasteiger partial charge in [-0.2, -0.15) is 0 Å². The molecule has 1 aliphatic carbocycles. The van der Waals surface area contributed by atoms with E-state index in [-0.39, 0.29) is 0 Å². The van der Waals surface area contributed by atoms with E-state index in [4.69, 9.17) is 11.6 Å². The Morgan fingerprint density at radius 1 is 1.35 bits per heavy atom. The Balaban J connectivity index is 1.90. The number of nitrogens with one attached hydrogen (secondary N) is 1. The van der Waals surface area contributed by atoms with Gasteiger partial charge in [0, 0.05) is 25.0 Å². The van der Waals surface area contributed by atoms with Crippen LogP contribution in [0.3, 0.4) is 0 Å². The molecule has 2 unspecified atom stereocenters. The molecular weight excluding hydrogens is 232 g/mol. The predicted octanol–water partition coefficient (Wildman–Crippen LogP) is 3.79. The second-order valence-electron chi connectivity index (χ2n) is 5.07. The summed E-state index contributed by atoms with van der Waals surface area (Å²) in [7, 11) is 0. The van der Waals surface area contributed by atoms with E-state index >= 15 is 0 Å². The summed E-state index contributed by atoms with van der Waals surface area (Å²) in [5, 5.41) is 4.42. The molecule has 94 valence electrons. The molecule has 0 aliphatic heterocycles. The summed E-state index contributed by atoms with van der Waals surface area (Å²) >= 11 is 6.11. The molecule has 2 atom stereocenters. The molecule has 17 heavy (non-hydrogen) atoms. The summed E-state index contributed by atoms with van der Waals surface area (Å²) in [6.07, 6.45) is 10.3. The monoisotopic (exact) mass is 252 g/mol. The quantitative estimate of drug-likeness (QED) is 0.828. The van der Waals surface area contributed by atoms with Crippen LogP contribution in [-0.2, 0) is 6.54 Å². The maximum absolute atomic E-state index is 6.11. The van der Waals surface area contributed by atoms with Gasteiger partial charge in [0.1, 0.15) is 0 Å². The number of hydrogen-bond acceptors (Lipinski definition) is 2. The van der Waals surface area contributed by atoms with Crippen LogP contribution < -0.4 is 5.32 Å². The Morgan fingerprint density at radius 3 is 3.00 bits per heavy atom. The van der Waals surface area contributed by atoms with Crippen LogP contribution in [0.5, 0.6) is 0 Å². The van der Waals surface area contributed by atoms with Crippen LogP contribution in [0.2, 0.25) is 5.02 Å². The van der Waals surface area contributed by atoms with Gasteiger partial charge < -0.3 is 5.32 Å². The average molecular weight is 253 g/mol. The lowest BCUT2D eigenvalue weighted by molar-refractivity contribution is 0.356. The molecule has 0 spiro atoms. The van der Waals surface area contributed by atoms with E-state index in [1.54, 1.807) is 12.4 Å². The largest absolute Gasteiger partial charge is 0.310 e. The highest BCUT2D eigenvalue weighted by Crippen LogP contribution is 2.23. The standard InChI is InChI=1S/C14H21ClN2/c1-11-5-3-2-4-6-14(11)17-9-12-7-8-16-10-13(12)15/h7-8,10-11,14,17H,2-6,9H2,1H3. The fourth-order valence-corrected chi connectivity index (χ4v) is 2.77. The summed E-state index contributed by atoms with van der Waals surface area (Å²) in [5.41, 5.74) is 1.15. The molecule has 0 radical (unpaired) electrons. The van der Waals surface area contributed by atoms with E-state index in [2.05, 4.69) is 17.2 Å². The minimum absolute atomic E-state index is 0.640. The highest BCUT2D eigenvalue weighted by atomic mass is 35.5. The molecule has 2 nitrogen and oxygen atoms in total. The Morgan fingerprint density at radius 2 is 2.18 bits per heavy atom. The number of rotatable bonds is 3. The van der Waals surface area contributed by atoms with Crippen molar-refractivity contribution in [2.45, 2.75) is 51.6 Å². The summed E-state index contributed by atoms with van der Waals surface area (Å²) in [6.45, 7) is 3.22. The first-order chi connectivity index (χ1) is 8.27. The van der Waals surface area contributed by atoms with Crippen LogP contribution >= 0.6 is 11.6 Å². The van der Waals surface area contributed by atoms with Crippen molar-refractivity contribution in [2.24, 2.45) is 5.92 Å². The van der Waals surface area contributed by atoms with Crippen molar-refractivity contribution in [2.75, 3.05) is 0 Å². The maximum Gasteiger partial charge on any atom is 0.0634 e. The molecule has 0 amide bonds. The van der Waals surface area contributed by atoms with Crippen LogP contribution in [0.15, 0.2) is 18.5 Å². The Kier molecular flexibility index (Phi) is 4.81. The second kappa shape index (κ2) is 6.36. The number of aromatic nitrogens is 1. The summed E-state index contributed by atoms with van der Waals surface area (Å²) in [6, 6.07) is 2.64. The lowest BCUT2D eigenvalue weighted by Gasteiger charge is -2.23. The molecular formula is C14H21ClN2. The fourth-order valence-electron chi connectivity index (χ4n) is 2.58. The number of hydrogen-bond donors (Lipinski definition) is 1. The first-order valence-corrected chi connectivity index (χ1v) is 6.97. The fraction of sp³-hybridized carbons (Fsp3) is 0.643. The third-order valence-corrected chi connectivity index (χ3v) is 4.11. The lowest BCUT2D eigenvalue weighted by Crippen LogP contribution is -2.33. The Labute approximate surface area is 109 Å². The van der Waals surface area contributed by atoms with Gasteiger partial charge in [-0.3, -0.25) is 4.98 Å². The van der Waals surface area contributed by atoms with Crippen molar-refractivity contribution >= 4 is 11.6 Å². The van der Waals surface area contributed by atoms with Crippen molar-refractivity contribution < 1.29 is 0 Å². The Hall–Kier alpha value is -0.600. The van der Waals surface area contributed by atoms with Crippen molar-refractivity contribution in [3.05, 3.63) is 29.0 Å². The molecule has 0 bridgehead atoms. The maximum atomic E-state index is 6.11. The normalized spacial score (nSPS) is 25.5. The molecule has 0 aromatic carbocycles. The zero-order valence-corrected chi connectivity index (χ0v) is 11.2. The van der Waals surface area contributed by atoms with Gasteiger partial charge in [-0.25, -0.2) is 0 Å². The first-order valence-electron chi connectivity index (χ1n) is 6.59. The predicted molar refractivity (Wildman–Crippen MR) is 72.1 cm³/mol. The third kappa shape index (κ3) is 3.68. The van der Waals surface area contributed by atoms with Gasteiger partial charge in [-0.15, -0.1) is 0 Å². The van der Waals surface area contributed by atoms with Crippen LogP contribution in [0.1, 0.15) is 44.6 Å². The van der Waals surface area contributed by atoms with Gasteiger partial charge in [-0.05, 0) is 30.4 Å². The van der Waals surface area contributed by atoms with Crippen molar-refractivity contribution in [3.8, 4) is 0 Å². The highest BCUT2D eigenvalue weighted by Gasteiger charge is 2.19. The van der Waals surface area contributed by atoms with E-state index in [0.29, 0.717) is 6.04 Å². The number of halogens is 1. The van der Waals surface area contributed by atoms with Gasteiger partial charge in [0.25, 0.3) is 0 Å². The smallest absolute Gasteiger partial charge is 0.0634 e. The lowest BCUT2D eigenvalue weighted by atomic mass is 9.97. The van der Waals surface area contributed by atoms with Crippen molar-refractivity contribution in [1.29, 1.82) is 0 Å². The van der Waals surface area contributed by atoms with E-state index in [0.717, 1.165) is 23.0 Å². The average Bonchev–Trinajstić information content (AvgIpc) is 2.53. The molecule has 2 rings (SSSR count). The van der Waals surface area contributed by atoms with Gasteiger partial charge in [0.15, 0.2) is 0 Å². The summed E-state index contributed by atoms with van der Waals surface area (Å²) < 4.78 is 0. The molecule has 1 aromatic rings. The van der Waals surface area contributed by atoms with Gasteiger partial charge in [-0.1, -0.05) is 37.8 Å². The minimum atomic E-state index is 0.640. The molecule has 1 aliphatic rings. The molecule has 1 heterocycles. The van der Waals surface area contributed by atoms with E-state index in [1.807, 2.05) is 6.07 Å². The zero-order valence-electron chi connectivity index (χ0n) is 10.5. The summed E-state index contributed by atoms with van der Waals surface area (Å²) in [5.74, 6) is 0.776. The highest BCUT2D eigenvalue weighted by molar-refractivity contribution is 6.31. The SMILES string of the molecule is CC1CCCCCC1NCc1ccncc1Cl. The van der Waals surface area contributed by atoms with Crippen molar-refractivity contribution in [3.63, 3.8) is 0 Å². The van der Waals surface area contributed by atoms with Gasteiger partial charge >= 0.3 is 0 Å². The van der Waals surface area contributed by atoms with Crippen molar-refractivity contribution in [1.82, 2.24) is 10.3 Å². The zero-order chi connectivity index (χ0) is 12.1. The van der Waals surface area contributed by atoms with Crippen LogP contribution in [0, 0.1) is 5.92 Å². The third-order valence-electron chi connectivity index (χ3n) is 3.77. The number of pyridine rings is 1. The second-order valence-corrected chi connectivity index (χ2v) is 5.48. The van der Waals surface area contributed by atoms with Crippen LogP contribution in [0.4, 0.5) is 0 Å². The molecule has 1 N–H and O–H groups in total. The summed E-state index contributed by atoms with van der Waals surface area (Å²) in [4.78, 5) is 4.01. The minimum Gasteiger partial charge on any atom is -0.310 e. The molecule has 3 heteroatoms. The van der Waals surface area contributed by atoms with Gasteiger partial charge in [0.05, 0.1) is 5.02 Å². The molecule has 1 saturated carbocycles. The molecule has 0 saturated heterocycles.